The third-order valence-corrected chi connectivity index (χ3v) is 4.44. The van der Waals surface area contributed by atoms with Crippen molar-refractivity contribution >= 4 is 22.6 Å². The average molecular weight is 427 g/mol. The summed E-state index contributed by atoms with van der Waals surface area (Å²) in [6.45, 7) is 2.19. The van der Waals surface area contributed by atoms with E-state index in [2.05, 4.69) is 33.0 Å². The second kappa shape index (κ2) is 6.19. The Morgan fingerprint density at radius 2 is 2.13 bits per heavy atom. The minimum atomic E-state index is -0.316. The molecule has 120 valence electrons. The molecular formula is C15H16IN5O2. The first-order chi connectivity index (χ1) is 11.4. The first-order valence-corrected chi connectivity index (χ1v) is 7.99. The zero-order valence-corrected chi connectivity index (χ0v) is 15.1. The molecule has 0 fully saturated rings. The minimum Gasteiger partial charge on any atom is -0.488 e. The summed E-state index contributed by atoms with van der Waals surface area (Å²) in [5.74, 6) is 1.34. The summed E-state index contributed by atoms with van der Waals surface area (Å²) in [5.41, 5.74) is 1.44. The monoisotopic (exact) mass is 427 g/mol. The van der Waals surface area contributed by atoms with Gasteiger partial charge in [-0.1, -0.05) is 18.2 Å². The number of aromatic nitrogens is 5. The molecule has 2 aromatic heterocycles. The lowest BCUT2D eigenvalue weighted by atomic mass is 10.2. The highest BCUT2D eigenvalue weighted by atomic mass is 127. The Morgan fingerprint density at radius 3 is 2.78 bits per heavy atom. The van der Waals surface area contributed by atoms with Crippen LogP contribution < -0.4 is 10.4 Å². The molecule has 0 amide bonds. The molecular weight excluding hydrogens is 409 g/mol. The SMILES string of the molecule is [3H]c1ccc(OCc2c(I)cn(C)c2-n2nnn(C)c2=O)c(C)c1. The van der Waals surface area contributed by atoms with Crippen molar-refractivity contribution in [3.05, 3.63) is 55.6 Å². The molecule has 0 aliphatic carbocycles. The van der Waals surface area contributed by atoms with E-state index in [0.29, 0.717) is 17.6 Å². The summed E-state index contributed by atoms with van der Waals surface area (Å²) in [7, 11) is 3.41. The van der Waals surface area contributed by atoms with Crippen molar-refractivity contribution in [3.63, 3.8) is 0 Å². The number of hydrogen-bond donors (Lipinski definition) is 0. The third-order valence-electron chi connectivity index (χ3n) is 3.51. The van der Waals surface area contributed by atoms with Gasteiger partial charge in [0.25, 0.3) is 0 Å². The van der Waals surface area contributed by atoms with Gasteiger partial charge in [0.15, 0.2) is 0 Å². The predicted molar refractivity (Wildman–Crippen MR) is 93.8 cm³/mol. The number of para-hydroxylation sites is 1. The Kier molecular flexibility index (Phi) is 3.90. The van der Waals surface area contributed by atoms with E-state index in [9.17, 15) is 4.79 Å². The number of hydrogen-bond acceptors (Lipinski definition) is 4. The lowest BCUT2D eigenvalue weighted by Gasteiger charge is -2.10. The second-order valence-electron chi connectivity index (χ2n) is 5.17. The van der Waals surface area contributed by atoms with Crippen LogP contribution in [0.5, 0.6) is 5.75 Å². The van der Waals surface area contributed by atoms with Crippen molar-refractivity contribution in [3.8, 4) is 11.6 Å². The predicted octanol–water partition coefficient (Wildman–Crippen LogP) is 1.80. The third kappa shape index (κ3) is 2.90. The van der Waals surface area contributed by atoms with Gasteiger partial charge in [-0.3, -0.25) is 0 Å². The van der Waals surface area contributed by atoms with Gasteiger partial charge in [-0.2, -0.15) is 4.68 Å². The molecule has 0 spiro atoms. The van der Waals surface area contributed by atoms with Gasteiger partial charge in [0.2, 0.25) is 0 Å². The second-order valence-corrected chi connectivity index (χ2v) is 6.33. The van der Waals surface area contributed by atoms with Gasteiger partial charge in [-0.15, -0.1) is 4.68 Å². The smallest absolute Gasteiger partial charge is 0.369 e. The molecule has 0 unspecified atom stereocenters. The van der Waals surface area contributed by atoms with Crippen molar-refractivity contribution in [2.75, 3.05) is 0 Å². The fourth-order valence-electron chi connectivity index (χ4n) is 2.30. The number of nitrogens with zero attached hydrogens (tertiary/aromatic N) is 5. The molecule has 0 bridgehead atoms. The molecule has 1 aromatic carbocycles. The highest BCUT2D eigenvalue weighted by Crippen LogP contribution is 2.24. The summed E-state index contributed by atoms with van der Waals surface area (Å²) in [4.78, 5) is 12.2. The molecule has 0 aliphatic rings. The molecule has 0 aliphatic heterocycles. The summed E-state index contributed by atoms with van der Waals surface area (Å²) in [6, 6.07) is 5.66. The van der Waals surface area contributed by atoms with E-state index in [0.717, 1.165) is 14.7 Å². The maximum Gasteiger partial charge on any atom is 0.369 e. The zero-order valence-electron chi connectivity index (χ0n) is 13.9. The van der Waals surface area contributed by atoms with E-state index >= 15 is 0 Å². The highest BCUT2D eigenvalue weighted by Gasteiger charge is 2.19. The standard InChI is InChI=1S/C15H16IN5O2/c1-10-6-4-5-7-13(10)23-9-11-12(16)8-19(2)14(11)21-15(22)20(3)17-18-21/h4-8H,9H2,1-3H3/i4T. The van der Waals surface area contributed by atoms with E-state index in [-0.39, 0.29) is 12.3 Å². The van der Waals surface area contributed by atoms with Crippen molar-refractivity contribution in [2.24, 2.45) is 14.1 Å². The summed E-state index contributed by atoms with van der Waals surface area (Å²) >= 11 is 2.21. The molecule has 0 saturated heterocycles. The summed E-state index contributed by atoms with van der Waals surface area (Å²) in [6.07, 6.45) is 1.91. The number of ether oxygens (including phenoxy) is 1. The van der Waals surface area contributed by atoms with Crippen LogP contribution in [0.2, 0.25) is 0 Å². The van der Waals surface area contributed by atoms with Crippen molar-refractivity contribution in [1.82, 2.24) is 24.4 Å². The number of rotatable bonds is 4. The van der Waals surface area contributed by atoms with Gasteiger partial charge in [0, 0.05) is 29.4 Å². The van der Waals surface area contributed by atoms with E-state index in [1.54, 1.807) is 25.2 Å². The van der Waals surface area contributed by atoms with Crippen LogP contribution in [0, 0.1) is 10.5 Å². The van der Waals surface area contributed by atoms with E-state index in [1.807, 2.05) is 24.7 Å². The first kappa shape index (κ1) is 14.5. The topological polar surface area (TPSA) is 66.9 Å². The van der Waals surface area contributed by atoms with E-state index in [4.69, 9.17) is 6.11 Å². The Morgan fingerprint density at radius 1 is 1.35 bits per heavy atom. The van der Waals surface area contributed by atoms with Crippen LogP contribution >= 0.6 is 22.6 Å². The fraction of sp³-hybridized carbons (Fsp3) is 0.267. The van der Waals surface area contributed by atoms with E-state index < -0.39 is 0 Å². The molecule has 2 heterocycles. The van der Waals surface area contributed by atoms with Crippen LogP contribution in [0.15, 0.2) is 35.2 Å². The number of benzene rings is 1. The van der Waals surface area contributed by atoms with Crippen molar-refractivity contribution in [1.29, 1.82) is 0 Å². The van der Waals surface area contributed by atoms with Crippen LogP contribution in [-0.4, -0.2) is 24.4 Å². The molecule has 7 nitrogen and oxygen atoms in total. The van der Waals surface area contributed by atoms with Crippen LogP contribution in [0.25, 0.3) is 5.82 Å². The van der Waals surface area contributed by atoms with Crippen LogP contribution in [0.4, 0.5) is 0 Å². The average Bonchev–Trinajstić information content (AvgIpc) is 2.98. The zero-order chi connectivity index (χ0) is 17.4. The molecule has 3 rings (SSSR count). The van der Waals surface area contributed by atoms with Gasteiger partial charge in [-0.25, -0.2) is 4.79 Å². The summed E-state index contributed by atoms with van der Waals surface area (Å²) < 4.78 is 18.8. The molecule has 0 radical (unpaired) electrons. The quantitative estimate of drug-likeness (QED) is 0.596. The first-order valence-electron chi connectivity index (χ1n) is 7.41. The summed E-state index contributed by atoms with van der Waals surface area (Å²) in [5, 5.41) is 7.68. The highest BCUT2D eigenvalue weighted by molar-refractivity contribution is 14.1. The van der Waals surface area contributed by atoms with Gasteiger partial charge in [-0.05, 0) is 51.6 Å². The molecule has 23 heavy (non-hydrogen) atoms. The maximum atomic E-state index is 12.2. The van der Waals surface area contributed by atoms with Crippen molar-refractivity contribution < 1.29 is 6.11 Å². The molecule has 0 atom stereocenters. The molecule has 8 heteroatoms. The fourth-order valence-corrected chi connectivity index (χ4v) is 3.11. The van der Waals surface area contributed by atoms with Gasteiger partial charge in [0.05, 0.1) is 1.37 Å². The maximum absolute atomic E-state index is 12.2. The van der Waals surface area contributed by atoms with Crippen molar-refractivity contribution in [2.45, 2.75) is 13.5 Å². The van der Waals surface area contributed by atoms with Crippen LogP contribution in [0.3, 0.4) is 0 Å². The van der Waals surface area contributed by atoms with E-state index in [1.165, 1.54) is 9.36 Å². The van der Waals surface area contributed by atoms with Crippen LogP contribution in [0.1, 0.15) is 12.5 Å². The minimum absolute atomic E-state index is 0.287. The molecule has 0 saturated carbocycles. The Labute approximate surface area is 148 Å². The Hall–Kier alpha value is -2.10. The number of tetrazole rings is 1. The number of halogens is 1. The van der Waals surface area contributed by atoms with Gasteiger partial charge in [0.1, 0.15) is 18.2 Å². The molecule has 0 N–H and O–H groups in total. The Balaban J connectivity index is 1.97. The number of aryl methyl sites for hydroxylation is 3. The Bertz CT molecular complexity index is 959. The lowest BCUT2D eigenvalue weighted by molar-refractivity contribution is 0.302. The largest absolute Gasteiger partial charge is 0.488 e. The van der Waals surface area contributed by atoms with Crippen LogP contribution in [-0.2, 0) is 20.7 Å². The lowest BCUT2D eigenvalue weighted by Crippen LogP contribution is -2.24. The molecule has 3 aromatic rings. The van der Waals surface area contributed by atoms with Gasteiger partial charge < -0.3 is 9.30 Å². The normalized spacial score (nSPS) is 11.6. The van der Waals surface area contributed by atoms with Gasteiger partial charge >= 0.3 is 5.69 Å².